The first-order valence-corrected chi connectivity index (χ1v) is 7.60. The summed E-state index contributed by atoms with van der Waals surface area (Å²) >= 11 is 0. The van der Waals surface area contributed by atoms with E-state index >= 15 is 0 Å². The van der Waals surface area contributed by atoms with E-state index in [-0.39, 0.29) is 11.8 Å². The molecule has 0 aromatic heterocycles. The van der Waals surface area contributed by atoms with Crippen LogP contribution >= 0.6 is 0 Å². The first-order valence-electron chi connectivity index (χ1n) is 7.60. The molecule has 0 bridgehead atoms. The lowest BCUT2D eigenvalue weighted by molar-refractivity contribution is 0.139. The Morgan fingerprint density at radius 1 is 1.17 bits per heavy atom. The maximum Gasteiger partial charge on any atom is 0.319 e. The molecule has 0 aliphatic carbocycles. The van der Waals surface area contributed by atoms with Crippen LogP contribution in [0.3, 0.4) is 0 Å². The Morgan fingerprint density at radius 2 is 1.83 bits per heavy atom. The number of rotatable bonds is 5. The van der Waals surface area contributed by atoms with Crippen LogP contribution in [-0.4, -0.2) is 17.2 Å². The second-order valence-electron chi connectivity index (χ2n) is 5.39. The minimum Gasteiger partial charge on any atom is -0.386 e. The summed E-state index contributed by atoms with van der Waals surface area (Å²) in [7, 11) is 0. The Morgan fingerprint density at radius 3 is 2.48 bits per heavy atom. The fraction of sp³-hybridized carbons (Fsp3) is 0.278. The van der Waals surface area contributed by atoms with Gasteiger partial charge in [-0.2, -0.15) is 0 Å². The molecule has 0 spiro atoms. The molecule has 3 N–H and O–H groups in total. The summed E-state index contributed by atoms with van der Waals surface area (Å²) in [6.07, 6.45) is -0.104. The van der Waals surface area contributed by atoms with E-state index in [9.17, 15) is 14.3 Å². The van der Waals surface area contributed by atoms with Gasteiger partial charge in [0.2, 0.25) is 0 Å². The number of nitrogens with one attached hydrogen (secondary N) is 2. The van der Waals surface area contributed by atoms with Gasteiger partial charge in [0.15, 0.2) is 0 Å². The van der Waals surface area contributed by atoms with Gasteiger partial charge in [-0.3, -0.25) is 0 Å². The molecule has 2 aromatic carbocycles. The van der Waals surface area contributed by atoms with Crippen LogP contribution in [0.5, 0.6) is 0 Å². The van der Waals surface area contributed by atoms with Crippen molar-refractivity contribution in [3.8, 4) is 0 Å². The molecule has 5 heteroatoms. The predicted octanol–water partition coefficient (Wildman–Crippen LogP) is 3.63. The number of carbonyl (C=O) groups is 1. The van der Waals surface area contributed by atoms with Gasteiger partial charge in [0.25, 0.3) is 0 Å². The molecule has 0 heterocycles. The zero-order valence-electron chi connectivity index (χ0n) is 13.2. The first kappa shape index (κ1) is 17.0. The highest BCUT2D eigenvalue weighted by Crippen LogP contribution is 2.18. The molecular formula is C18H21FN2O2. The third-order valence-corrected chi connectivity index (χ3v) is 3.69. The topological polar surface area (TPSA) is 61.4 Å². The maximum atomic E-state index is 12.9. The Kier molecular flexibility index (Phi) is 5.71. The van der Waals surface area contributed by atoms with Crippen molar-refractivity contribution in [3.05, 3.63) is 65.5 Å². The number of para-hydroxylation sites is 1. The van der Waals surface area contributed by atoms with Crippen LogP contribution in [-0.2, 0) is 6.42 Å². The normalized spacial score (nSPS) is 13.2. The number of benzene rings is 2. The van der Waals surface area contributed by atoms with Crippen molar-refractivity contribution in [3.63, 3.8) is 0 Å². The maximum absolute atomic E-state index is 12.9. The van der Waals surface area contributed by atoms with E-state index in [1.807, 2.05) is 31.2 Å². The van der Waals surface area contributed by atoms with Crippen molar-refractivity contribution >= 4 is 11.7 Å². The summed E-state index contributed by atoms with van der Waals surface area (Å²) in [4.78, 5) is 12.1. The zero-order chi connectivity index (χ0) is 16.8. The van der Waals surface area contributed by atoms with Gasteiger partial charge in [-0.1, -0.05) is 37.3 Å². The van der Waals surface area contributed by atoms with Crippen molar-refractivity contribution in [2.24, 2.45) is 0 Å². The van der Waals surface area contributed by atoms with E-state index < -0.39 is 12.1 Å². The van der Waals surface area contributed by atoms with Gasteiger partial charge in [-0.15, -0.1) is 0 Å². The number of urea groups is 1. The Hall–Kier alpha value is -2.40. The van der Waals surface area contributed by atoms with E-state index in [4.69, 9.17) is 0 Å². The fourth-order valence-corrected chi connectivity index (χ4v) is 2.34. The molecule has 122 valence electrons. The van der Waals surface area contributed by atoms with E-state index in [0.29, 0.717) is 5.56 Å². The molecule has 4 nitrogen and oxygen atoms in total. The smallest absolute Gasteiger partial charge is 0.319 e. The minimum atomic E-state index is -0.914. The average Bonchev–Trinajstić information content (AvgIpc) is 2.55. The summed E-state index contributed by atoms with van der Waals surface area (Å²) in [5.74, 6) is -0.365. The number of hydrogen-bond donors (Lipinski definition) is 3. The summed E-state index contributed by atoms with van der Waals surface area (Å²) in [6.45, 7) is 3.71. The van der Waals surface area contributed by atoms with Crippen LogP contribution in [0.2, 0.25) is 0 Å². The molecule has 2 atom stereocenters. The van der Waals surface area contributed by atoms with Gasteiger partial charge < -0.3 is 15.7 Å². The molecule has 2 unspecified atom stereocenters. The molecule has 2 aromatic rings. The van der Waals surface area contributed by atoms with E-state index in [2.05, 4.69) is 10.6 Å². The molecule has 0 radical (unpaired) electrons. The van der Waals surface area contributed by atoms with Crippen LogP contribution in [0.1, 0.15) is 31.1 Å². The molecular weight excluding hydrogens is 295 g/mol. The average molecular weight is 316 g/mol. The number of aliphatic hydroxyl groups excluding tert-OH is 1. The molecule has 0 aliphatic heterocycles. The lowest BCUT2D eigenvalue weighted by Crippen LogP contribution is -2.39. The first-order chi connectivity index (χ1) is 11.0. The molecule has 0 saturated carbocycles. The standard InChI is InChI=1S/C18H21FN2O2/c1-3-13-6-4-5-7-16(13)21-18(23)20-12(2)17(22)14-8-10-15(19)11-9-14/h4-12,17,22H,3H2,1-2H3,(H2,20,21,23). The van der Waals surface area contributed by atoms with Gasteiger partial charge in [-0.05, 0) is 42.7 Å². The van der Waals surface area contributed by atoms with Crippen molar-refractivity contribution in [2.45, 2.75) is 32.4 Å². The predicted molar refractivity (Wildman–Crippen MR) is 88.8 cm³/mol. The monoisotopic (exact) mass is 316 g/mol. The molecule has 2 rings (SSSR count). The number of aryl methyl sites for hydroxylation is 1. The highest BCUT2D eigenvalue weighted by molar-refractivity contribution is 5.90. The van der Waals surface area contributed by atoms with E-state index in [1.165, 1.54) is 24.3 Å². The highest BCUT2D eigenvalue weighted by atomic mass is 19.1. The van der Waals surface area contributed by atoms with E-state index in [0.717, 1.165) is 17.7 Å². The van der Waals surface area contributed by atoms with Crippen LogP contribution in [0.4, 0.5) is 14.9 Å². The van der Waals surface area contributed by atoms with Gasteiger partial charge in [0.05, 0.1) is 12.1 Å². The third-order valence-electron chi connectivity index (χ3n) is 3.69. The summed E-state index contributed by atoms with van der Waals surface area (Å²) in [5, 5.41) is 15.7. The number of halogens is 1. The molecule has 0 aliphatic rings. The van der Waals surface area contributed by atoms with Crippen LogP contribution in [0.25, 0.3) is 0 Å². The highest BCUT2D eigenvalue weighted by Gasteiger charge is 2.18. The van der Waals surface area contributed by atoms with Gasteiger partial charge in [-0.25, -0.2) is 9.18 Å². The minimum absolute atomic E-state index is 0.365. The molecule has 0 saturated heterocycles. The fourth-order valence-electron chi connectivity index (χ4n) is 2.34. The number of carbonyl (C=O) groups excluding carboxylic acids is 1. The lowest BCUT2D eigenvalue weighted by Gasteiger charge is -2.21. The number of amides is 2. The second kappa shape index (κ2) is 7.74. The summed E-state index contributed by atoms with van der Waals surface area (Å²) < 4.78 is 12.9. The van der Waals surface area contributed by atoms with Crippen molar-refractivity contribution < 1.29 is 14.3 Å². The van der Waals surface area contributed by atoms with Crippen LogP contribution in [0, 0.1) is 5.82 Å². The van der Waals surface area contributed by atoms with Gasteiger partial charge in [0, 0.05) is 5.69 Å². The largest absolute Gasteiger partial charge is 0.386 e. The van der Waals surface area contributed by atoms with Crippen LogP contribution < -0.4 is 10.6 Å². The summed E-state index contributed by atoms with van der Waals surface area (Å²) in [6, 6.07) is 12.2. The summed E-state index contributed by atoms with van der Waals surface area (Å²) in [5.41, 5.74) is 2.33. The molecule has 2 amide bonds. The lowest BCUT2D eigenvalue weighted by atomic mass is 10.0. The third kappa shape index (κ3) is 4.53. The Labute approximate surface area is 135 Å². The number of aliphatic hydroxyl groups is 1. The Bertz CT molecular complexity index is 658. The second-order valence-corrected chi connectivity index (χ2v) is 5.39. The van der Waals surface area contributed by atoms with Gasteiger partial charge >= 0.3 is 6.03 Å². The van der Waals surface area contributed by atoms with Crippen molar-refractivity contribution in [2.75, 3.05) is 5.32 Å². The quantitative estimate of drug-likeness (QED) is 0.789. The van der Waals surface area contributed by atoms with Gasteiger partial charge in [0.1, 0.15) is 5.82 Å². The van der Waals surface area contributed by atoms with Crippen molar-refractivity contribution in [1.29, 1.82) is 0 Å². The number of hydrogen-bond acceptors (Lipinski definition) is 2. The Balaban J connectivity index is 1.97. The molecule has 23 heavy (non-hydrogen) atoms. The number of anilines is 1. The van der Waals surface area contributed by atoms with Crippen molar-refractivity contribution in [1.82, 2.24) is 5.32 Å². The zero-order valence-corrected chi connectivity index (χ0v) is 13.2. The molecule has 0 fully saturated rings. The van der Waals surface area contributed by atoms with E-state index in [1.54, 1.807) is 6.92 Å². The SMILES string of the molecule is CCc1ccccc1NC(=O)NC(C)C(O)c1ccc(F)cc1. The van der Waals surface area contributed by atoms with Crippen LogP contribution in [0.15, 0.2) is 48.5 Å².